The van der Waals surface area contributed by atoms with Crippen LogP contribution in [0.4, 0.5) is 4.39 Å². The first-order valence-corrected chi connectivity index (χ1v) is 9.05. The lowest BCUT2D eigenvalue weighted by Gasteiger charge is -2.23. The number of hydrogen-bond acceptors (Lipinski definition) is 4. The van der Waals surface area contributed by atoms with Crippen molar-refractivity contribution in [2.24, 2.45) is 0 Å². The number of aryl methyl sites for hydroxylation is 2. The van der Waals surface area contributed by atoms with E-state index in [0.29, 0.717) is 19.7 Å². The smallest absolute Gasteiger partial charge is 0.173 e. The van der Waals surface area contributed by atoms with Crippen LogP contribution in [0.2, 0.25) is 5.02 Å². The summed E-state index contributed by atoms with van der Waals surface area (Å²) in [5, 5.41) is 4.86. The van der Waals surface area contributed by atoms with Crippen molar-refractivity contribution in [1.82, 2.24) is 14.7 Å². The molecule has 0 fully saturated rings. The zero-order chi connectivity index (χ0) is 19.3. The number of aromatic nitrogens is 2. The SMILES string of the molecule is CCn1nc(C)c(CN(CCOC)Cc2cc(F)c(OC)c(Cl)c2)c1C. The van der Waals surface area contributed by atoms with Gasteiger partial charge in [0.25, 0.3) is 0 Å². The van der Waals surface area contributed by atoms with Gasteiger partial charge in [0.2, 0.25) is 0 Å². The van der Waals surface area contributed by atoms with Gasteiger partial charge in [-0.15, -0.1) is 0 Å². The van der Waals surface area contributed by atoms with Crippen LogP contribution in [0.25, 0.3) is 0 Å². The highest BCUT2D eigenvalue weighted by atomic mass is 35.5. The quantitative estimate of drug-likeness (QED) is 0.656. The Kier molecular flexibility index (Phi) is 7.43. The summed E-state index contributed by atoms with van der Waals surface area (Å²) in [4.78, 5) is 2.21. The van der Waals surface area contributed by atoms with Crippen LogP contribution < -0.4 is 4.74 Å². The van der Waals surface area contributed by atoms with Gasteiger partial charge in [-0.3, -0.25) is 9.58 Å². The minimum atomic E-state index is -0.451. The molecule has 0 unspecified atom stereocenters. The molecule has 0 N–H and O–H groups in total. The van der Waals surface area contributed by atoms with E-state index in [1.807, 2.05) is 11.6 Å². The van der Waals surface area contributed by atoms with Crippen LogP contribution in [0.3, 0.4) is 0 Å². The summed E-state index contributed by atoms with van der Waals surface area (Å²) in [6.07, 6.45) is 0. The Balaban J connectivity index is 2.24. The van der Waals surface area contributed by atoms with Crippen molar-refractivity contribution in [2.75, 3.05) is 27.4 Å². The molecule has 1 aromatic heterocycles. The summed E-state index contributed by atoms with van der Waals surface area (Å²) >= 11 is 6.13. The van der Waals surface area contributed by atoms with E-state index in [2.05, 4.69) is 23.8 Å². The van der Waals surface area contributed by atoms with Crippen LogP contribution in [0, 0.1) is 19.7 Å². The molecule has 1 aromatic carbocycles. The Labute approximate surface area is 159 Å². The largest absolute Gasteiger partial charge is 0.492 e. The van der Waals surface area contributed by atoms with Gasteiger partial charge in [-0.25, -0.2) is 4.39 Å². The van der Waals surface area contributed by atoms with Crippen molar-refractivity contribution in [3.63, 3.8) is 0 Å². The Morgan fingerprint density at radius 3 is 2.50 bits per heavy atom. The molecular weight excluding hydrogens is 357 g/mol. The number of nitrogens with zero attached hydrogens (tertiary/aromatic N) is 3. The van der Waals surface area contributed by atoms with E-state index < -0.39 is 5.82 Å². The van der Waals surface area contributed by atoms with Crippen molar-refractivity contribution < 1.29 is 13.9 Å². The highest BCUT2D eigenvalue weighted by Gasteiger charge is 2.17. The molecule has 2 aromatic rings. The zero-order valence-corrected chi connectivity index (χ0v) is 16.9. The van der Waals surface area contributed by atoms with E-state index in [0.717, 1.165) is 30.0 Å². The van der Waals surface area contributed by atoms with Gasteiger partial charge >= 0.3 is 0 Å². The second kappa shape index (κ2) is 9.35. The molecule has 0 saturated carbocycles. The maximum atomic E-state index is 14.2. The molecule has 0 saturated heterocycles. The lowest BCUT2D eigenvalue weighted by Crippen LogP contribution is -2.27. The first kappa shape index (κ1) is 20.7. The molecule has 0 amide bonds. The van der Waals surface area contributed by atoms with Gasteiger partial charge in [-0.1, -0.05) is 11.6 Å². The van der Waals surface area contributed by atoms with E-state index >= 15 is 0 Å². The average Bonchev–Trinajstić information content (AvgIpc) is 2.86. The van der Waals surface area contributed by atoms with Crippen molar-refractivity contribution in [3.8, 4) is 5.75 Å². The second-order valence-electron chi connectivity index (χ2n) is 6.26. The van der Waals surface area contributed by atoms with Crippen molar-refractivity contribution in [1.29, 1.82) is 0 Å². The van der Waals surface area contributed by atoms with Crippen LogP contribution in [-0.4, -0.2) is 42.1 Å². The average molecular weight is 384 g/mol. The molecule has 0 atom stereocenters. The molecule has 0 aliphatic rings. The molecular formula is C19H27ClFN3O2. The number of halogens is 2. The summed E-state index contributed by atoms with van der Waals surface area (Å²) in [6.45, 7) is 9.60. The standard InChI is InChI=1S/C19H27ClFN3O2/c1-6-24-14(3)16(13(2)22-24)12-23(7-8-25-4)11-15-9-17(20)19(26-5)18(21)10-15/h9-10H,6-8,11-12H2,1-5H3. The molecule has 2 rings (SSSR count). The highest BCUT2D eigenvalue weighted by Crippen LogP contribution is 2.29. The van der Waals surface area contributed by atoms with Crippen LogP contribution in [0.5, 0.6) is 5.75 Å². The first-order chi connectivity index (χ1) is 12.4. The molecule has 144 valence electrons. The molecule has 0 spiro atoms. The van der Waals surface area contributed by atoms with Gasteiger partial charge in [0.05, 0.1) is 24.4 Å². The molecule has 7 heteroatoms. The summed E-state index contributed by atoms with van der Waals surface area (Å²) in [5.74, 6) is -0.373. The molecule has 1 heterocycles. The first-order valence-electron chi connectivity index (χ1n) is 8.67. The van der Waals surface area contributed by atoms with Crippen LogP contribution in [0.15, 0.2) is 12.1 Å². The summed E-state index contributed by atoms with van der Waals surface area (Å²) in [6, 6.07) is 3.22. The lowest BCUT2D eigenvalue weighted by molar-refractivity contribution is 0.139. The Morgan fingerprint density at radius 1 is 1.23 bits per heavy atom. The van der Waals surface area contributed by atoms with Crippen LogP contribution in [0.1, 0.15) is 29.4 Å². The topological polar surface area (TPSA) is 39.5 Å². The van der Waals surface area contributed by atoms with E-state index in [1.54, 1.807) is 13.2 Å². The molecule has 0 aliphatic heterocycles. The van der Waals surface area contributed by atoms with E-state index in [4.69, 9.17) is 21.1 Å². The van der Waals surface area contributed by atoms with Gasteiger partial charge in [-0.2, -0.15) is 5.10 Å². The van der Waals surface area contributed by atoms with Gasteiger partial charge in [0.15, 0.2) is 11.6 Å². The van der Waals surface area contributed by atoms with Gasteiger partial charge < -0.3 is 9.47 Å². The molecule has 0 bridgehead atoms. The highest BCUT2D eigenvalue weighted by molar-refractivity contribution is 6.32. The monoisotopic (exact) mass is 383 g/mol. The van der Waals surface area contributed by atoms with Crippen LogP contribution in [-0.2, 0) is 24.4 Å². The van der Waals surface area contributed by atoms with Gasteiger partial charge in [0, 0.05) is 44.5 Å². The third kappa shape index (κ3) is 4.75. The molecule has 0 radical (unpaired) electrons. The minimum Gasteiger partial charge on any atom is -0.492 e. The number of hydrogen-bond donors (Lipinski definition) is 0. The summed E-state index contributed by atoms with van der Waals surface area (Å²) < 4.78 is 26.4. The Hall–Kier alpha value is -1.63. The fourth-order valence-corrected chi connectivity index (χ4v) is 3.39. The number of ether oxygens (including phenoxy) is 2. The zero-order valence-electron chi connectivity index (χ0n) is 16.1. The van der Waals surface area contributed by atoms with Crippen molar-refractivity contribution >= 4 is 11.6 Å². The van der Waals surface area contributed by atoms with E-state index in [1.165, 1.54) is 18.7 Å². The normalized spacial score (nSPS) is 11.4. The predicted molar refractivity (Wildman–Crippen MR) is 101 cm³/mol. The number of methoxy groups -OCH3 is 2. The molecule has 0 aliphatic carbocycles. The summed E-state index contributed by atoms with van der Waals surface area (Å²) in [7, 11) is 3.08. The maximum Gasteiger partial charge on any atom is 0.173 e. The number of benzene rings is 1. The second-order valence-corrected chi connectivity index (χ2v) is 6.67. The lowest BCUT2D eigenvalue weighted by atomic mass is 10.1. The van der Waals surface area contributed by atoms with Crippen molar-refractivity contribution in [3.05, 3.63) is 45.5 Å². The van der Waals surface area contributed by atoms with Gasteiger partial charge in [0.1, 0.15) is 0 Å². The number of rotatable bonds is 9. The fraction of sp³-hybridized carbons (Fsp3) is 0.526. The fourth-order valence-electron chi connectivity index (χ4n) is 3.09. The molecule has 26 heavy (non-hydrogen) atoms. The van der Waals surface area contributed by atoms with Crippen molar-refractivity contribution in [2.45, 2.75) is 40.4 Å². The van der Waals surface area contributed by atoms with Crippen LogP contribution >= 0.6 is 11.6 Å². The Bertz CT molecular complexity index is 726. The maximum absolute atomic E-state index is 14.2. The third-order valence-electron chi connectivity index (χ3n) is 4.49. The third-order valence-corrected chi connectivity index (χ3v) is 4.77. The molecule has 5 nitrogen and oxygen atoms in total. The van der Waals surface area contributed by atoms with E-state index in [-0.39, 0.29) is 10.8 Å². The Morgan fingerprint density at radius 2 is 1.96 bits per heavy atom. The summed E-state index contributed by atoms with van der Waals surface area (Å²) in [5.41, 5.74) is 4.17. The minimum absolute atomic E-state index is 0.0785. The van der Waals surface area contributed by atoms with Gasteiger partial charge in [-0.05, 0) is 38.5 Å². The van der Waals surface area contributed by atoms with E-state index in [9.17, 15) is 4.39 Å². The predicted octanol–water partition coefficient (Wildman–Crippen LogP) is 3.97.